The Hall–Kier alpha value is -1.96. The summed E-state index contributed by atoms with van der Waals surface area (Å²) in [4.78, 5) is 33.8. The van der Waals surface area contributed by atoms with Gasteiger partial charge in [-0.05, 0) is 19.4 Å². The number of nitrogens with zero attached hydrogens (tertiary/aromatic N) is 6. The van der Waals surface area contributed by atoms with Crippen LogP contribution in [-0.4, -0.2) is 86.6 Å². The SMILES string of the molecule is CC(=O)N1CCN(C(=O)CN2CCC[C@@H]2Cn2cncn2)CC1. The Bertz CT molecular complexity index is 538. The van der Waals surface area contributed by atoms with Gasteiger partial charge in [0.15, 0.2) is 0 Å². The van der Waals surface area contributed by atoms with Crippen molar-refractivity contribution in [1.82, 2.24) is 29.5 Å². The number of rotatable bonds is 4. The van der Waals surface area contributed by atoms with E-state index in [0.717, 1.165) is 25.9 Å². The van der Waals surface area contributed by atoms with E-state index in [1.165, 1.54) is 0 Å². The number of hydrogen-bond acceptors (Lipinski definition) is 5. The normalized spacial score (nSPS) is 22.6. The van der Waals surface area contributed by atoms with Crippen molar-refractivity contribution < 1.29 is 9.59 Å². The smallest absolute Gasteiger partial charge is 0.236 e. The van der Waals surface area contributed by atoms with Crippen LogP contribution in [0.3, 0.4) is 0 Å². The quantitative estimate of drug-likeness (QED) is 0.743. The summed E-state index contributed by atoms with van der Waals surface area (Å²) in [5, 5.41) is 4.15. The van der Waals surface area contributed by atoms with E-state index in [1.807, 2.05) is 9.58 Å². The fourth-order valence-electron chi connectivity index (χ4n) is 3.40. The minimum atomic E-state index is 0.0875. The van der Waals surface area contributed by atoms with E-state index in [-0.39, 0.29) is 11.8 Å². The van der Waals surface area contributed by atoms with Crippen molar-refractivity contribution in [3.63, 3.8) is 0 Å². The molecule has 0 aromatic carbocycles. The molecule has 2 amide bonds. The molecule has 0 unspecified atom stereocenters. The van der Waals surface area contributed by atoms with Gasteiger partial charge in [0, 0.05) is 39.1 Å². The highest BCUT2D eigenvalue weighted by Gasteiger charge is 2.29. The maximum atomic E-state index is 12.5. The summed E-state index contributed by atoms with van der Waals surface area (Å²) in [5.74, 6) is 0.253. The van der Waals surface area contributed by atoms with E-state index in [9.17, 15) is 9.59 Å². The van der Waals surface area contributed by atoms with Crippen molar-refractivity contribution >= 4 is 11.8 Å². The molecule has 0 bridgehead atoms. The highest BCUT2D eigenvalue weighted by molar-refractivity contribution is 5.79. The van der Waals surface area contributed by atoms with Crippen LogP contribution in [0, 0.1) is 0 Å². The van der Waals surface area contributed by atoms with Gasteiger partial charge in [0.1, 0.15) is 12.7 Å². The second-order valence-electron chi connectivity index (χ2n) is 6.27. The zero-order valence-electron chi connectivity index (χ0n) is 13.6. The second-order valence-corrected chi connectivity index (χ2v) is 6.27. The third kappa shape index (κ3) is 3.87. The number of piperazine rings is 1. The fraction of sp³-hybridized carbons (Fsp3) is 0.733. The van der Waals surface area contributed by atoms with E-state index >= 15 is 0 Å². The Balaban J connectivity index is 1.50. The molecule has 8 nitrogen and oxygen atoms in total. The molecule has 8 heteroatoms. The van der Waals surface area contributed by atoms with Crippen LogP contribution in [0.25, 0.3) is 0 Å². The van der Waals surface area contributed by atoms with E-state index in [1.54, 1.807) is 24.5 Å². The number of carbonyl (C=O) groups is 2. The molecular weight excluding hydrogens is 296 g/mol. The maximum absolute atomic E-state index is 12.5. The number of likely N-dealkylation sites (tertiary alicyclic amines) is 1. The van der Waals surface area contributed by atoms with Gasteiger partial charge in [0.05, 0.1) is 13.1 Å². The van der Waals surface area contributed by atoms with Gasteiger partial charge >= 0.3 is 0 Å². The largest absolute Gasteiger partial charge is 0.339 e. The highest BCUT2D eigenvalue weighted by atomic mass is 16.2. The first-order valence-electron chi connectivity index (χ1n) is 8.23. The van der Waals surface area contributed by atoms with E-state index in [2.05, 4.69) is 15.0 Å². The molecule has 0 spiro atoms. The lowest BCUT2D eigenvalue weighted by molar-refractivity contribution is -0.139. The molecule has 1 aromatic rings. The summed E-state index contributed by atoms with van der Waals surface area (Å²) in [7, 11) is 0. The van der Waals surface area contributed by atoms with Crippen molar-refractivity contribution in [2.45, 2.75) is 32.4 Å². The molecular formula is C15H24N6O2. The molecule has 2 saturated heterocycles. The number of hydrogen-bond donors (Lipinski definition) is 0. The lowest BCUT2D eigenvalue weighted by Gasteiger charge is -2.35. The zero-order chi connectivity index (χ0) is 16.2. The van der Waals surface area contributed by atoms with Gasteiger partial charge in [-0.15, -0.1) is 0 Å². The third-order valence-electron chi connectivity index (χ3n) is 4.78. The molecule has 0 N–H and O–H groups in total. The minimum absolute atomic E-state index is 0.0875. The molecule has 3 rings (SSSR count). The first-order valence-corrected chi connectivity index (χ1v) is 8.23. The molecule has 1 aromatic heterocycles. The van der Waals surface area contributed by atoms with Gasteiger partial charge in [-0.1, -0.05) is 0 Å². The monoisotopic (exact) mass is 320 g/mol. The topological polar surface area (TPSA) is 74.6 Å². The highest BCUT2D eigenvalue weighted by Crippen LogP contribution is 2.18. The fourth-order valence-corrected chi connectivity index (χ4v) is 3.40. The Morgan fingerprint density at radius 2 is 1.87 bits per heavy atom. The van der Waals surface area contributed by atoms with Crippen LogP contribution in [0.1, 0.15) is 19.8 Å². The third-order valence-corrected chi connectivity index (χ3v) is 4.78. The van der Waals surface area contributed by atoms with Gasteiger partial charge < -0.3 is 9.80 Å². The Morgan fingerprint density at radius 1 is 1.13 bits per heavy atom. The molecule has 2 fully saturated rings. The number of aromatic nitrogens is 3. The summed E-state index contributed by atoms with van der Waals surface area (Å²) in [6.45, 7) is 6.34. The maximum Gasteiger partial charge on any atom is 0.236 e. The average Bonchev–Trinajstić information content (AvgIpc) is 3.20. The van der Waals surface area contributed by atoms with Crippen LogP contribution < -0.4 is 0 Å². The standard InChI is InChI=1S/C15H24N6O2/c1-13(22)18-5-7-19(8-6-18)15(23)10-20-4-2-3-14(20)9-21-12-16-11-17-21/h11-12,14H,2-10H2,1H3/t14-/m1/s1. The van der Waals surface area contributed by atoms with Crippen molar-refractivity contribution in [2.24, 2.45) is 0 Å². The van der Waals surface area contributed by atoms with E-state index in [4.69, 9.17) is 0 Å². The summed E-state index contributed by atoms with van der Waals surface area (Å²) in [6, 6.07) is 0.346. The van der Waals surface area contributed by atoms with Crippen molar-refractivity contribution in [2.75, 3.05) is 39.3 Å². The predicted molar refractivity (Wildman–Crippen MR) is 83.5 cm³/mol. The summed E-state index contributed by atoms with van der Waals surface area (Å²) < 4.78 is 1.83. The van der Waals surface area contributed by atoms with Crippen LogP contribution in [0.15, 0.2) is 12.7 Å². The van der Waals surface area contributed by atoms with Crippen LogP contribution >= 0.6 is 0 Å². The van der Waals surface area contributed by atoms with Crippen LogP contribution in [0.5, 0.6) is 0 Å². The number of amides is 2. The number of carbonyl (C=O) groups excluding carboxylic acids is 2. The van der Waals surface area contributed by atoms with Gasteiger partial charge in [0.2, 0.25) is 11.8 Å². The van der Waals surface area contributed by atoms with Gasteiger partial charge in [0.25, 0.3) is 0 Å². The van der Waals surface area contributed by atoms with Gasteiger partial charge in [-0.2, -0.15) is 5.10 Å². The van der Waals surface area contributed by atoms with E-state index in [0.29, 0.717) is 38.8 Å². The molecule has 126 valence electrons. The molecule has 3 heterocycles. The average molecular weight is 320 g/mol. The molecule has 2 aliphatic rings. The van der Waals surface area contributed by atoms with Crippen molar-refractivity contribution in [1.29, 1.82) is 0 Å². The first kappa shape index (κ1) is 15.9. The Morgan fingerprint density at radius 3 is 2.52 bits per heavy atom. The molecule has 1 atom stereocenters. The lowest BCUT2D eigenvalue weighted by atomic mass is 10.2. The Labute approximate surface area is 136 Å². The van der Waals surface area contributed by atoms with E-state index < -0.39 is 0 Å². The van der Waals surface area contributed by atoms with Gasteiger partial charge in [-0.3, -0.25) is 19.2 Å². The molecule has 0 saturated carbocycles. The predicted octanol–water partition coefficient (Wildman–Crippen LogP) is -0.567. The van der Waals surface area contributed by atoms with Crippen molar-refractivity contribution in [3.05, 3.63) is 12.7 Å². The molecule has 0 radical (unpaired) electrons. The van der Waals surface area contributed by atoms with Gasteiger partial charge in [-0.25, -0.2) is 4.98 Å². The minimum Gasteiger partial charge on any atom is -0.339 e. The summed E-state index contributed by atoms with van der Waals surface area (Å²) >= 11 is 0. The zero-order valence-corrected chi connectivity index (χ0v) is 13.6. The van der Waals surface area contributed by atoms with Crippen LogP contribution in [0.2, 0.25) is 0 Å². The summed E-state index contributed by atoms with van der Waals surface area (Å²) in [6.07, 6.45) is 5.47. The lowest BCUT2D eigenvalue weighted by Crippen LogP contribution is -2.52. The second kappa shape index (κ2) is 7.08. The van der Waals surface area contributed by atoms with Crippen LogP contribution in [-0.2, 0) is 16.1 Å². The van der Waals surface area contributed by atoms with Crippen molar-refractivity contribution in [3.8, 4) is 0 Å². The molecule has 0 aliphatic carbocycles. The first-order chi connectivity index (χ1) is 11.1. The molecule has 2 aliphatic heterocycles. The summed E-state index contributed by atoms with van der Waals surface area (Å²) in [5.41, 5.74) is 0. The molecule has 23 heavy (non-hydrogen) atoms. The Kier molecular flexibility index (Phi) is 4.90. The van der Waals surface area contributed by atoms with Crippen LogP contribution in [0.4, 0.5) is 0 Å².